The van der Waals surface area contributed by atoms with Crippen molar-refractivity contribution in [2.24, 2.45) is 0 Å². The molecule has 0 radical (unpaired) electrons. The first-order chi connectivity index (χ1) is 10.5. The van der Waals surface area contributed by atoms with Gasteiger partial charge in [0, 0.05) is 37.5 Å². The van der Waals surface area contributed by atoms with Crippen LogP contribution in [0.25, 0.3) is 0 Å². The Morgan fingerprint density at radius 2 is 2.09 bits per heavy atom. The number of fused-ring (bicyclic) bond motifs is 1. The Hall–Kier alpha value is -2.83. The summed E-state index contributed by atoms with van der Waals surface area (Å²) in [5, 5.41) is 3.10. The molecular formula is C15H15N3O4. The molecule has 1 aromatic rings. The molecule has 0 saturated carbocycles. The molecule has 0 aromatic heterocycles. The smallest absolute Gasteiger partial charge is 0.264 e. The molecule has 3 rings (SSSR count). The summed E-state index contributed by atoms with van der Waals surface area (Å²) >= 11 is 0. The molecule has 22 heavy (non-hydrogen) atoms. The Balaban J connectivity index is 1.78. The molecular weight excluding hydrogens is 286 g/mol. The van der Waals surface area contributed by atoms with Gasteiger partial charge in [0.2, 0.25) is 5.91 Å². The third-order valence-electron chi connectivity index (χ3n) is 3.62. The maximum atomic E-state index is 11.6. The normalized spacial score (nSPS) is 17.1. The zero-order valence-electron chi connectivity index (χ0n) is 12.3. The van der Waals surface area contributed by atoms with Crippen LogP contribution in [0.3, 0.4) is 0 Å². The minimum Gasteiger partial charge on any atom is -0.481 e. The molecule has 0 unspecified atom stereocenters. The Bertz CT molecular complexity index is 711. The lowest BCUT2D eigenvalue weighted by molar-refractivity contribution is -0.138. The van der Waals surface area contributed by atoms with Crippen LogP contribution in [0, 0.1) is 0 Å². The number of carbonyl (C=O) groups is 3. The number of hydrogen-bond donors (Lipinski definition) is 1. The number of anilines is 2. The zero-order chi connectivity index (χ0) is 15.9. The van der Waals surface area contributed by atoms with Crippen LogP contribution < -0.4 is 15.0 Å². The van der Waals surface area contributed by atoms with Gasteiger partial charge in [0.05, 0.1) is 12.2 Å². The van der Waals surface area contributed by atoms with Gasteiger partial charge in [-0.05, 0) is 12.1 Å². The number of benzene rings is 1. The van der Waals surface area contributed by atoms with Gasteiger partial charge < -0.3 is 15.0 Å². The lowest BCUT2D eigenvalue weighted by Crippen LogP contribution is -2.35. The van der Waals surface area contributed by atoms with Crippen LogP contribution in [0.15, 0.2) is 30.0 Å². The zero-order valence-corrected chi connectivity index (χ0v) is 12.3. The first kappa shape index (κ1) is 14.1. The van der Waals surface area contributed by atoms with Crippen molar-refractivity contribution in [3.05, 3.63) is 30.0 Å². The highest BCUT2D eigenvalue weighted by Crippen LogP contribution is 2.34. The van der Waals surface area contributed by atoms with Crippen molar-refractivity contribution < 1.29 is 19.1 Å². The fourth-order valence-corrected chi connectivity index (χ4v) is 2.40. The number of likely N-dealkylation sites (N-methyl/N-ethyl adjacent to an activating group) is 1. The quantitative estimate of drug-likeness (QED) is 0.871. The SMILES string of the molecule is CC(=O)N1CC(Nc2ccc3c(c2)OCC(=O)N3C)=CC1=O. The molecule has 2 aliphatic rings. The Kier molecular flexibility index (Phi) is 3.32. The van der Waals surface area contributed by atoms with Crippen LogP contribution in [0.1, 0.15) is 6.92 Å². The number of imide groups is 1. The van der Waals surface area contributed by atoms with E-state index in [1.165, 1.54) is 13.0 Å². The topological polar surface area (TPSA) is 79.0 Å². The van der Waals surface area contributed by atoms with Crippen molar-refractivity contribution in [2.45, 2.75) is 6.92 Å². The number of amides is 3. The molecule has 114 valence electrons. The summed E-state index contributed by atoms with van der Waals surface area (Å²) in [5.41, 5.74) is 2.06. The average molecular weight is 301 g/mol. The summed E-state index contributed by atoms with van der Waals surface area (Å²) in [6.07, 6.45) is 1.40. The van der Waals surface area contributed by atoms with Gasteiger partial charge in [-0.3, -0.25) is 19.3 Å². The van der Waals surface area contributed by atoms with Gasteiger partial charge >= 0.3 is 0 Å². The summed E-state index contributed by atoms with van der Waals surface area (Å²) in [7, 11) is 1.69. The minimum atomic E-state index is -0.324. The van der Waals surface area contributed by atoms with E-state index >= 15 is 0 Å². The van der Waals surface area contributed by atoms with Crippen molar-refractivity contribution >= 4 is 29.1 Å². The van der Waals surface area contributed by atoms with Crippen molar-refractivity contribution in [1.82, 2.24) is 4.90 Å². The second kappa shape index (κ2) is 5.18. The molecule has 1 aromatic carbocycles. The largest absolute Gasteiger partial charge is 0.481 e. The standard InChI is InChI=1S/C15H15N3O4/c1-9(19)18-7-11(6-14(18)20)16-10-3-4-12-13(5-10)22-8-15(21)17(12)2/h3-6,16H,7-8H2,1-2H3. The van der Waals surface area contributed by atoms with Gasteiger partial charge in [-0.2, -0.15) is 0 Å². The fourth-order valence-electron chi connectivity index (χ4n) is 2.40. The molecule has 3 amide bonds. The lowest BCUT2D eigenvalue weighted by atomic mass is 10.2. The van der Waals surface area contributed by atoms with E-state index in [-0.39, 0.29) is 30.9 Å². The third-order valence-corrected chi connectivity index (χ3v) is 3.62. The molecule has 2 heterocycles. The molecule has 0 aliphatic carbocycles. The van der Waals surface area contributed by atoms with Gasteiger partial charge in [0.15, 0.2) is 6.61 Å². The number of carbonyl (C=O) groups excluding carboxylic acids is 3. The van der Waals surface area contributed by atoms with Crippen LogP contribution in [0.5, 0.6) is 5.75 Å². The number of rotatable bonds is 2. The maximum Gasteiger partial charge on any atom is 0.264 e. The van der Waals surface area contributed by atoms with Crippen molar-refractivity contribution in [2.75, 3.05) is 30.4 Å². The minimum absolute atomic E-state index is 0.00620. The highest BCUT2D eigenvalue weighted by molar-refractivity contribution is 6.03. The van der Waals surface area contributed by atoms with E-state index in [9.17, 15) is 14.4 Å². The summed E-state index contributed by atoms with van der Waals surface area (Å²) in [6.45, 7) is 1.59. The van der Waals surface area contributed by atoms with Gasteiger partial charge in [-0.1, -0.05) is 0 Å². The maximum absolute atomic E-state index is 11.6. The first-order valence-electron chi connectivity index (χ1n) is 6.79. The van der Waals surface area contributed by atoms with E-state index in [0.717, 1.165) is 10.6 Å². The molecule has 0 spiro atoms. The van der Waals surface area contributed by atoms with E-state index in [0.29, 0.717) is 17.1 Å². The summed E-state index contributed by atoms with van der Waals surface area (Å²) in [4.78, 5) is 37.2. The van der Waals surface area contributed by atoms with Gasteiger partial charge in [-0.15, -0.1) is 0 Å². The second-order valence-corrected chi connectivity index (χ2v) is 5.16. The molecule has 0 saturated heterocycles. The van der Waals surface area contributed by atoms with E-state index < -0.39 is 0 Å². The number of ether oxygens (including phenoxy) is 1. The lowest BCUT2D eigenvalue weighted by Gasteiger charge is -2.26. The van der Waals surface area contributed by atoms with E-state index in [2.05, 4.69) is 5.32 Å². The summed E-state index contributed by atoms with van der Waals surface area (Å²) < 4.78 is 5.41. The number of nitrogens with zero attached hydrogens (tertiary/aromatic N) is 2. The summed E-state index contributed by atoms with van der Waals surface area (Å²) in [6, 6.07) is 5.33. The number of nitrogens with one attached hydrogen (secondary N) is 1. The molecule has 7 heteroatoms. The number of hydrogen-bond acceptors (Lipinski definition) is 5. The Labute approximate surface area is 127 Å². The van der Waals surface area contributed by atoms with E-state index in [1.54, 1.807) is 30.1 Å². The summed E-state index contributed by atoms with van der Waals surface area (Å²) in [5.74, 6) is -0.114. The van der Waals surface area contributed by atoms with Crippen LogP contribution in [-0.4, -0.2) is 42.8 Å². The molecule has 1 N–H and O–H groups in total. The molecule has 0 bridgehead atoms. The molecule has 7 nitrogen and oxygen atoms in total. The Morgan fingerprint density at radius 3 is 2.77 bits per heavy atom. The van der Waals surface area contributed by atoms with Crippen LogP contribution in [-0.2, 0) is 14.4 Å². The van der Waals surface area contributed by atoms with Gasteiger partial charge in [-0.25, -0.2) is 0 Å². The van der Waals surface area contributed by atoms with E-state index in [4.69, 9.17) is 4.74 Å². The van der Waals surface area contributed by atoms with Crippen LogP contribution in [0.2, 0.25) is 0 Å². The van der Waals surface area contributed by atoms with Gasteiger partial charge in [0.1, 0.15) is 5.75 Å². The van der Waals surface area contributed by atoms with Crippen molar-refractivity contribution in [1.29, 1.82) is 0 Å². The van der Waals surface area contributed by atoms with Crippen molar-refractivity contribution in [3.63, 3.8) is 0 Å². The molecule has 0 fully saturated rings. The van der Waals surface area contributed by atoms with E-state index in [1.807, 2.05) is 0 Å². The third kappa shape index (κ3) is 2.41. The highest BCUT2D eigenvalue weighted by atomic mass is 16.5. The monoisotopic (exact) mass is 301 g/mol. The first-order valence-corrected chi connectivity index (χ1v) is 6.79. The highest BCUT2D eigenvalue weighted by Gasteiger charge is 2.26. The fraction of sp³-hybridized carbons (Fsp3) is 0.267. The molecule has 0 atom stereocenters. The second-order valence-electron chi connectivity index (χ2n) is 5.16. The molecule has 2 aliphatic heterocycles. The van der Waals surface area contributed by atoms with Crippen molar-refractivity contribution in [3.8, 4) is 5.75 Å². The van der Waals surface area contributed by atoms with Crippen LogP contribution in [0.4, 0.5) is 11.4 Å². The van der Waals surface area contributed by atoms with Crippen LogP contribution >= 0.6 is 0 Å². The Morgan fingerprint density at radius 1 is 1.32 bits per heavy atom. The van der Waals surface area contributed by atoms with Gasteiger partial charge in [0.25, 0.3) is 11.8 Å². The average Bonchev–Trinajstić information content (AvgIpc) is 2.84. The predicted molar refractivity (Wildman–Crippen MR) is 79.4 cm³/mol. The predicted octanol–water partition coefficient (Wildman–Crippen LogP) is 0.726.